The third-order valence-electron chi connectivity index (χ3n) is 4.17. The Morgan fingerprint density at radius 1 is 0.867 bits per heavy atom. The van der Waals surface area contributed by atoms with E-state index >= 15 is 0 Å². The van der Waals surface area contributed by atoms with Crippen molar-refractivity contribution >= 4 is 52.1 Å². The first-order valence-electron chi connectivity index (χ1n) is 9.08. The zero-order chi connectivity index (χ0) is 21.7. The minimum Gasteiger partial charge on any atom is -0.490 e. The summed E-state index contributed by atoms with van der Waals surface area (Å²) in [5, 5.41) is 5.00. The Labute approximate surface area is 194 Å². The van der Waals surface area contributed by atoms with Gasteiger partial charge in [-0.25, -0.2) is 4.39 Å². The second-order valence-corrected chi connectivity index (χ2v) is 8.00. The van der Waals surface area contributed by atoms with Crippen LogP contribution in [0.4, 0.5) is 10.1 Å². The smallest absolute Gasteiger partial charge is 0.180 e. The van der Waals surface area contributed by atoms with Crippen molar-refractivity contribution in [1.29, 1.82) is 0 Å². The molecular weight excluding hydrogens is 471 g/mol. The number of anilines is 1. The van der Waals surface area contributed by atoms with E-state index in [1.54, 1.807) is 30.3 Å². The fourth-order valence-corrected chi connectivity index (χ4v) is 3.73. The van der Waals surface area contributed by atoms with Gasteiger partial charge >= 0.3 is 0 Å². The molecule has 3 aromatic carbocycles. The summed E-state index contributed by atoms with van der Waals surface area (Å²) < 4.78 is 24.8. The van der Waals surface area contributed by atoms with Crippen LogP contribution in [0.5, 0.6) is 11.5 Å². The molecule has 0 unspecified atom stereocenters. The van der Waals surface area contributed by atoms with Gasteiger partial charge in [-0.2, -0.15) is 0 Å². The van der Waals surface area contributed by atoms with Crippen LogP contribution in [0, 0.1) is 5.82 Å². The first-order chi connectivity index (χ1) is 14.4. The molecule has 0 aromatic heterocycles. The lowest BCUT2D eigenvalue weighted by Gasteiger charge is -2.16. The van der Waals surface area contributed by atoms with Crippen molar-refractivity contribution in [2.24, 2.45) is 0 Å². The normalized spacial score (nSPS) is 10.7. The van der Waals surface area contributed by atoms with Crippen LogP contribution in [0.25, 0.3) is 0 Å². The molecule has 0 aliphatic heterocycles. The summed E-state index contributed by atoms with van der Waals surface area (Å²) in [4.78, 5) is 0. The van der Waals surface area contributed by atoms with E-state index < -0.39 is 5.82 Å². The third kappa shape index (κ3) is 5.86. The monoisotopic (exact) mass is 487 g/mol. The standard InChI is InChI=1S/C22H18Cl4FNO2/c1-2-29-21-8-13(11-28-20-6-4-15(23)9-18(20)25)7-19(26)22(21)30-12-14-3-5-16(27)10-17(14)24/h3-10,28H,2,11-12H2,1H3. The SMILES string of the molecule is CCOc1cc(CNc2ccc(Cl)cc2Cl)cc(Cl)c1OCc1ccc(F)cc1Cl. The molecule has 0 radical (unpaired) electrons. The van der Waals surface area contributed by atoms with Gasteiger partial charge in [0.25, 0.3) is 0 Å². The minimum atomic E-state index is -0.408. The highest BCUT2D eigenvalue weighted by Gasteiger charge is 2.14. The first kappa shape index (κ1) is 22.8. The van der Waals surface area contributed by atoms with E-state index in [1.165, 1.54) is 12.1 Å². The molecule has 0 heterocycles. The van der Waals surface area contributed by atoms with Gasteiger partial charge in [0.2, 0.25) is 0 Å². The number of hydrogen-bond donors (Lipinski definition) is 1. The maximum Gasteiger partial charge on any atom is 0.180 e. The van der Waals surface area contributed by atoms with Crippen molar-refractivity contribution in [3.63, 3.8) is 0 Å². The predicted octanol–water partition coefficient (Wildman–Crippen LogP) is 8.03. The summed E-state index contributed by atoms with van der Waals surface area (Å²) in [5.74, 6) is 0.490. The Bertz CT molecular complexity index is 1050. The summed E-state index contributed by atoms with van der Waals surface area (Å²) >= 11 is 24.7. The van der Waals surface area contributed by atoms with Gasteiger partial charge in [0.15, 0.2) is 11.5 Å². The molecule has 0 amide bonds. The lowest BCUT2D eigenvalue weighted by atomic mass is 10.2. The average Bonchev–Trinajstić information content (AvgIpc) is 2.68. The molecule has 0 aliphatic rings. The van der Waals surface area contributed by atoms with E-state index in [0.717, 1.165) is 11.3 Å². The van der Waals surface area contributed by atoms with Crippen molar-refractivity contribution in [1.82, 2.24) is 0 Å². The molecule has 158 valence electrons. The van der Waals surface area contributed by atoms with E-state index in [9.17, 15) is 4.39 Å². The van der Waals surface area contributed by atoms with Crippen molar-refractivity contribution in [2.75, 3.05) is 11.9 Å². The van der Waals surface area contributed by atoms with E-state index in [1.807, 2.05) is 13.0 Å². The van der Waals surface area contributed by atoms with E-state index in [0.29, 0.717) is 45.3 Å². The highest BCUT2D eigenvalue weighted by molar-refractivity contribution is 6.36. The Morgan fingerprint density at radius 3 is 2.37 bits per heavy atom. The molecule has 0 bridgehead atoms. The van der Waals surface area contributed by atoms with Gasteiger partial charge in [0, 0.05) is 17.1 Å². The Morgan fingerprint density at radius 2 is 1.67 bits per heavy atom. The molecule has 3 aromatic rings. The van der Waals surface area contributed by atoms with Gasteiger partial charge in [-0.05, 0) is 55.0 Å². The Kier molecular flexibility index (Phi) is 7.95. The van der Waals surface area contributed by atoms with Gasteiger partial charge in [0.05, 0.1) is 27.4 Å². The van der Waals surface area contributed by atoms with Crippen molar-refractivity contribution in [3.05, 3.63) is 85.6 Å². The van der Waals surface area contributed by atoms with Gasteiger partial charge in [-0.3, -0.25) is 0 Å². The number of halogens is 5. The number of ether oxygens (including phenoxy) is 2. The lowest BCUT2D eigenvalue weighted by molar-refractivity contribution is 0.269. The Balaban J connectivity index is 1.77. The maximum atomic E-state index is 13.2. The van der Waals surface area contributed by atoms with Crippen molar-refractivity contribution < 1.29 is 13.9 Å². The minimum absolute atomic E-state index is 0.122. The fourth-order valence-electron chi connectivity index (χ4n) is 2.75. The number of hydrogen-bond acceptors (Lipinski definition) is 3. The first-order valence-corrected chi connectivity index (χ1v) is 10.6. The second kappa shape index (κ2) is 10.5. The van der Waals surface area contributed by atoms with Crippen molar-refractivity contribution in [3.8, 4) is 11.5 Å². The zero-order valence-corrected chi connectivity index (χ0v) is 19.0. The molecular formula is C22H18Cl4FNO2. The summed E-state index contributed by atoms with van der Waals surface area (Å²) in [7, 11) is 0. The molecule has 0 saturated heterocycles. The molecule has 0 saturated carbocycles. The molecule has 30 heavy (non-hydrogen) atoms. The highest BCUT2D eigenvalue weighted by Crippen LogP contribution is 2.38. The molecule has 0 fully saturated rings. The van der Waals surface area contributed by atoms with Crippen LogP contribution in [0.15, 0.2) is 48.5 Å². The Hall–Kier alpha value is -1.85. The highest BCUT2D eigenvalue weighted by atomic mass is 35.5. The van der Waals surface area contributed by atoms with E-state index in [2.05, 4.69) is 5.32 Å². The molecule has 3 rings (SSSR count). The molecule has 8 heteroatoms. The maximum absolute atomic E-state index is 13.2. The molecule has 1 N–H and O–H groups in total. The molecule has 3 nitrogen and oxygen atoms in total. The summed E-state index contributed by atoms with van der Waals surface area (Å²) in [6, 6.07) is 13.0. The quantitative estimate of drug-likeness (QED) is 0.348. The summed E-state index contributed by atoms with van der Waals surface area (Å²) in [6.45, 7) is 2.89. The van der Waals surface area contributed by atoms with E-state index in [-0.39, 0.29) is 11.6 Å². The lowest BCUT2D eigenvalue weighted by Crippen LogP contribution is -2.04. The van der Waals surface area contributed by atoms with Gasteiger partial charge in [-0.15, -0.1) is 0 Å². The van der Waals surface area contributed by atoms with Crippen LogP contribution in [0.2, 0.25) is 20.1 Å². The van der Waals surface area contributed by atoms with Gasteiger partial charge in [-0.1, -0.05) is 52.5 Å². The number of benzene rings is 3. The van der Waals surface area contributed by atoms with Crippen LogP contribution in [-0.4, -0.2) is 6.61 Å². The molecule has 0 spiro atoms. The molecule has 0 aliphatic carbocycles. The van der Waals surface area contributed by atoms with Crippen LogP contribution in [-0.2, 0) is 13.2 Å². The van der Waals surface area contributed by atoms with Crippen LogP contribution in [0.1, 0.15) is 18.1 Å². The molecule has 0 atom stereocenters. The van der Waals surface area contributed by atoms with Crippen LogP contribution >= 0.6 is 46.4 Å². The zero-order valence-electron chi connectivity index (χ0n) is 15.9. The predicted molar refractivity (Wildman–Crippen MR) is 122 cm³/mol. The van der Waals surface area contributed by atoms with Crippen molar-refractivity contribution in [2.45, 2.75) is 20.1 Å². The summed E-state index contributed by atoms with van der Waals surface area (Å²) in [6.07, 6.45) is 0. The second-order valence-electron chi connectivity index (χ2n) is 6.34. The average molecular weight is 489 g/mol. The van der Waals surface area contributed by atoms with Gasteiger partial charge < -0.3 is 14.8 Å². The van der Waals surface area contributed by atoms with Gasteiger partial charge in [0.1, 0.15) is 12.4 Å². The topological polar surface area (TPSA) is 30.5 Å². The van der Waals surface area contributed by atoms with Crippen LogP contribution < -0.4 is 14.8 Å². The fraction of sp³-hybridized carbons (Fsp3) is 0.182. The number of nitrogens with one attached hydrogen (secondary N) is 1. The van der Waals surface area contributed by atoms with Crippen LogP contribution in [0.3, 0.4) is 0 Å². The summed E-state index contributed by atoms with van der Waals surface area (Å²) in [5.41, 5.74) is 2.27. The third-order valence-corrected chi connectivity index (χ3v) is 5.35. The largest absolute Gasteiger partial charge is 0.490 e. The van der Waals surface area contributed by atoms with E-state index in [4.69, 9.17) is 55.9 Å². The number of rotatable bonds is 8.